The number of thiazole rings is 1. The van der Waals surface area contributed by atoms with Crippen molar-refractivity contribution in [3.63, 3.8) is 0 Å². The Hall–Kier alpha value is -1.99. The molecule has 7 heteroatoms. The highest BCUT2D eigenvalue weighted by Gasteiger charge is 2.13. The van der Waals surface area contributed by atoms with Crippen molar-refractivity contribution in [2.45, 2.75) is 25.8 Å². The molecule has 0 bridgehead atoms. The number of nitrogens with zero attached hydrogens (tertiary/aromatic N) is 3. The van der Waals surface area contributed by atoms with E-state index >= 15 is 0 Å². The van der Waals surface area contributed by atoms with E-state index in [1.807, 2.05) is 18.3 Å². The van der Waals surface area contributed by atoms with E-state index in [9.17, 15) is 4.79 Å². The molecule has 0 radical (unpaired) electrons. The third-order valence-corrected chi connectivity index (χ3v) is 4.54. The monoisotopic (exact) mass is 317 g/mol. The topological polar surface area (TPSA) is 84.1 Å². The minimum absolute atomic E-state index is 0.255. The van der Waals surface area contributed by atoms with Crippen molar-refractivity contribution in [3.05, 3.63) is 34.4 Å². The molecule has 22 heavy (non-hydrogen) atoms. The van der Waals surface area contributed by atoms with Gasteiger partial charge in [-0.3, -0.25) is 4.79 Å². The minimum Gasteiger partial charge on any atom is -0.370 e. The second-order valence-electron chi connectivity index (χ2n) is 5.23. The molecule has 1 fully saturated rings. The summed E-state index contributed by atoms with van der Waals surface area (Å²) in [5.74, 6) is 0.280. The highest BCUT2D eigenvalue weighted by Crippen LogP contribution is 2.20. The molecule has 0 unspecified atom stereocenters. The molecule has 0 saturated carbocycles. The molecule has 1 aliphatic rings. The Morgan fingerprint density at radius 1 is 1.32 bits per heavy atom. The summed E-state index contributed by atoms with van der Waals surface area (Å²) in [6.07, 6.45) is 5.57. The largest absolute Gasteiger partial charge is 0.370 e. The number of aromatic nitrogens is 2. The predicted molar refractivity (Wildman–Crippen MR) is 88.3 cm³/mol. The molecule has 1 amide bonds. The summed E-state index contributed by atoms with van der Waals surface area (Å²) in [5, 5.41) is 5.22. The lowest BCUT2D eigenvalue weighted by atomic mass is 10.1. The van der Waals surface area contributed by atoms with Gasteiger partial charge in [0.2, 0.25) is 0 Å². The van der Waals surface area contributed by atoms with Gasteiger partial charge in [0.1, 0.15) is 16.5 Å². The van der Waals surface area contributed by atoms with Gasteiger partial charge in [0.25, 0.3) is 5.91 Å². The number of piperidine rings is 1. The van der Waals surface area contributed by atoms with Crippen LogP contribution in [0.4, 0.5) is 11.5 Å². The number of carbonyl (C=O) groups is 1. The fourth-order valence-corrected chi connectivity index (χ4v) is 3.14. The van der Waals surface area contributed by atoms with Crippen molar-refractivity contribution in [3.8, 4) is 0 Å². The molecule has 2 aromatic rings. The Balaban J connectivity index is 1.64. The summed E-state index contributed by atoms with van der Waals surface area (Å²) in [7, 11) is 0. The molecule has 2 aromatic heterocycles. The maximum absolute atomic E-state index is 12.1. The Morgan fingerprint density at radius 3 is 2.77 bits per heavy atom. The summed E-state index contributed by atoms with van der Waals surface area (Å²) in [4.78, 5) is 22.9. The predicted octanol–water partition coefficient (Wildman–Crippen LogP) is 2.24. The van der Waals surface area contributed by atoms with E-state index in [-0.39, 0.29) is 5.91 Å². The first-order valence-electron chi connectivity index (χ1n) is 7.43. The lowest BCUT2D eigenvalue weighted by Gasteiger charge is -2.28. The highest BCUT2D eigenvalue weighted by molar-refractivity contribution is 7.09. The van der Waals surface area contributed by atoms with Crippen LogP contribution in [0.25, 0.3) is 0 Å². The van der Waals surface area contributed by atoms with E-state index < -0.39 is 0 Å². The molecule has 1 saturated heterocycles. The zero-order chi connectivity index (χ0) is 15.4. The van der Waals surface area contributed by atoms with Gasteiger partial charge in [0, 0.05) is 25.0 Å². The summed E-state index contributed by atoms with van der Waals surface area (Å²) >= 11 is 1.39. The number of nitrogens with one attached hydrogen (secondary N) is 1. The number of pyridine rings is 1. The van der Waals surface area contributed by atoms with Crippen LogP contribution in [0.1, 0.15) is 34.8 Å². The summed E-state index contributed by atoms with van der Waals surface area (Å²) in [6.45, 7) is 2.50. The molecule has 1 aliphatic heterocycles. The average molecular weight is 317 g/mol. The highest BCUT2D eigenvalue weighted by atomic mass is 32.1. The number of anilines is 2. The maximum atomic E-state index is 12.1. The van der Waals surface area contributed by atoms with E-state index in [2.05, 4.69) is 20.2 Å². The quantitative estimate of drug-likeness (QED) is 0.903. The molecule has 0 aliphatic carbocycles. The number of hydrogen-bond acceptors (Lipinski definition) is 6. The fraction of sp³-hybridized carbons (Fsp3) is 0.400. The number of nitrogens with two attached hydrogens (primary N) is 1. The van der Waals surface area contributed by atoms with E-state index in [1.54, 1.807) is 5.38 Å². The molecule has 0 atom stereocenters. The summed E-state index contributed by atoms with van der Waals surface area (Å²) in [5.41, 5.74) is 6.99. The smallest absolute Gasteiger partial charge is 0.276 e. The van der Waals surface area contributed by atoms with Crippen LogP contribution in [0.2, 0.25) is 0 Å². The molecule has 116 valence electrons. The van der Waals surface area contributed by atoms with Gasteiger partial charge in [-0.05, 0) is 31.4 Å². The van der Waals surface area contributed by atoms with Crippen molar-refractivity contribution >= 4 is 28.7 Å². The maximum Gasteiger partial charge on any atom is 0.276 e. The van der Waals surface area contributed by atoms with Crippen LogP contribution in [0.3, 0.4) is 0 Å². The minimum atomic E-state index is -0.255. The van der Waals surface area contributed by atoms with Gasteiger partial charge in [-0.2, -0.15) is 0 Å². The number of hydrogen-bond donors (Lipinski definition) is 2. The van der Waals surface area contributed by atoms with Gasteiger partial charge in [-0.1, -0.05) is 0 Å². The van der Waals surface area contributed by atoms with Crippen LogP contribution in [0.15, 0.2) is 23.7 Å². The molecule has 6 nitrogen and oxygen atoms in total. The number of rotatable bonds is 4. The molecule has 0 aromatic carbocycles. The van der Waals surface area contributed by atoms with Crippen LogP contribution >= 0.6 is 11.3 Å². The van der Waals surface area contributed by atoms with Crippen molar-refractivity contribution in [2.75, 3.05) is 23.3 Å². The molecule has 3 N–H and O–H groups in total. The van der Waals surface area contributed by atoms with E-state index in [4.69, 9.17) is 5.73 Å². The fourth-order valence-electron chi connectivity index (χ4n) is 2.49. The molecular weight excluding hydrogens is 298 g/mol. The van der Waals surface area contributed by atoms with Gasteiger partial charge in [-0.15, -0.1) is 11.3 Å². The zero-order valence-electron chi connectivity index (χ0n) is 12.3. The van der Waals surface area contributed by atoms with Crippen molar-refractivity contribution in [2.24, 2.45) is 5.73 Å². The van der Waals surface area contributed by atoms with Crippen LogP contribution in [0, 0.1) is 0 Å². The van der Waals surface area contributed by atoms with Crippen LogP contribution < -0.4 is 16.0 Å². The van der Waals surface area contributed by atoms with Gasteiger partial charge in [-0.25, -0.2) is 9.97 Å². The molecule has 3 rings (SSSR count). The molecular formula is C15H19N5OS. The van der Waals surface area contributed by atoms with Gasteiger partial charge in [0.15, 0.2) is 0 Å². The zero-order valence-corrected chi connectivity index (χ0v) is 13.1. The SMILES string of the molecule is NCc1nc(C(=O)Nc2ccc(N3CCCCC3)cn2)cs1. The van der Waals surface area contributed by atoms with Gasteiger partial charge < -0.3 is 16.0 Å². The summed E-state index contributed by atoms with van der Waals surface area (Å²) < 4.78 is 0. The Labute approximate surface area is 133 Å². The first-order chi connectivity index (χ1) is 10.8. The molecule has 3 heterocycles. The van der Waals surface area contributed by atoms with E-state index in [1.165, 1.54) is 30.6 Å². The standard InChI is InChI=1S/C15H19N5OS/c16-8-14-18-12(10-22-14)15(21)19-13-5-4-11(9-17-13)20-6-2-1-3-7-20/h4-5,9-10H,1-3,6-8,16H2,(H,17,19,21). The van der Waals surface area contributed by atoms with Gasteiger partial charge in [0.05, 0.1) is 11.9 Å². The van der Waals surface area contributed by atoms with Gasteiger partial charge >= 0.3 is 0 Å². The first kappa shape index (κ1) is 14.9. The summed E-state index contributed by atoms with van der Waals surface area (Å²) in [6, 6.07) is 3.83. The van der Waals surface area contributed by atoms with E-state index in [0.717, 1.165) is 23.8 Å². The van der Waals surface area contributed by atoms with Crippen LogP contribution in [-0.4, -0.2) is 29.0 Å². The normalized spacial score (nSPS) is 14.9. The second kappa shape index (κ2) is 6.85. The first-order valence-corrected chi connectivity index (χ1v) is 8.31. The second-order valence-corrected chi connectivity index (χ2v) is 6.18. The van der Waals surface area contributed by atoms with Crippen LogP contribution in [0.5, 0.6) is 0 Å². The Bertz CT molecular complexity index is 634. The lowest BCUT2D eigenvalue weighted by molar-refractivity contribution is 0.102. The number of carbonyl (C=O) groups excluding carboxylic acids is 1. The Morgan fingerprint density at radius 2 is 2.14 bits per heavy atom. The van der Waals surface area contributed by atoms with Crippen molar-refractivity contribution in [1.82, 2.24) is 9.97 Å². The number of amides is 1. The third-order valence-electron chi connectivity index (χ3n) is 3.67. The van der Waals surface area contributed by atoms with Crippen molar-refractivity contribution < 1.29 is 4.79 Å². The van der Waals surface area contributed by atoms with Crippen LogP contribution in [-0.2, 0) is 6.54 Å². The molecule has 0 spiro atoms. The third kappa shape index (κ3) is 3.42. The average Bonchev–Trinajstić information content (AvgIpc) is 3.06. The Kier molecular flexibility index (Phi) is 4.65. The van der Waals surface area contributed by atoms with E-state index in [0.29, 0.717) is 18.1 Å². The lowest BCUT2D eigenvalue weighted by Crippen LogP contribution is -2.29. The van der Waals surface area contributed by atoms with Crippen molar-refractivity contribution in [1.29, 1.82) is 0 Å².